The van der Waals surface area contributed by atoms with Gasteiger partial charge in [0.15, 0.2) is 0 Å². The monoisotopic (exact) mass is 280 g/mol. The lowest BCUT2D eigenvalue weighted by atomic mass is 10.2. The summed E-state index contributed by atoms with van der Waals surface area (Å²) in [7, 11) is 1.53. The van der Waals surface area contributed by atoms with Crippen molar-refractivity contribution >= 4 is 41.7 Å². The Labute approximate surface area is 89.8 Å². The summed E-state index contributed by atoms with van der Waals surface area (Å²) in [6.07, 6.45) is 1.80. The number of hydrogen-bond acceptors (Lipinski definition) is 2. The Bertz CT molecular complexity index is 408. The molecule has 0 fully saturated rings. The zero-order valence-corrected chi connectivity index (χ0v) is 9.60. The first-order valence-corrected chi connectivity index (χ1v) is 6.58. The maximum Gasteiger partial charge on any atom is 0.261 e. The molecule has 1 aromatic carbocycles. The lowest BCUT2D eigenvalue weighted by Gasteiger charge is -1.96. The molecule has 0 amide bonds. The maximum absolute atomic E-state index is 10.8. The van der Waals surface area contributed by atoms with E-state index in [9.17, 15) is 8.42 Å². The van der Waals surface area contributed by atoms with Gasteiger partial charge in [0.1, 0.15) is 0 Å². The SMILES string of the molecule is O=S(=O)(Cl)c1ccc(/C=C/Br)cc1. The molecule has 0 spiro atoms. The van der Waals surface area contributed by atoms with Crippen LogP contribution in [-0.4, -0.2) is 8.42 Å². The second-order valence-electron chi connectivity index (χ2n) is 2.30. The molecular weight excluding hydrogens is 276 g/mol. The molecule has 0 radical (unpaired) electrons. The van der Waals surface area contributed by atoms with Gasteiger partial charge in [-0.05, 0) is 28.8 Å². The molecule has 0 saturated carbocycles. The highest BCUT2D eigenvalue weighted by atomic mass is 79.9. The van der Waals surface area contributed by atoms with Gasteiger partial charge in [0.2, 0.25) is 0 Å². The standard InChI is InChI=1S/C8H6BrClO2S/c9-6-5-7-1-3-8(4-2-7)13(10,11)12/h1-6H/b6-5+. The van der Waals surface area contributed by atoms with Crippen LogP contribution in [-0.2, 0) is 9.05 Å². The van der Waals surface area contributed by atoms with E-state index in [0.717, 1.165) is 5.56 Å². The van der Waals surface area contributed by atoms with Gasteiger partial charge in [0.05, 0.1) is 4.90 Å². The highest BCUT2D eigenvalue weighted by Crippen LogP contribution is 2.15. The zero-order valence-electron chi connectivity index (χ0n) is 6.44. The van der Waals surface area contributed by atoms with Crippen LogP contribution in [0.1, 0.15) is 5.56 Å². The van der Waals surface area contributed by atoms with E-state index in [4.69, 9.17) is 10.7 Å². The van der Waals surface area contributed by atoms with Gasteiger partial charge in [-0.1, -0.05) is 28.1 Å². The molecule has 0 aromatic heterocycles. The Morgan fingerprint density at radius 1 is 1.23 bits per heavy atom. The molecule has 0 unspecified atom stereocenters. The first kappa shape index (κ1) is 10.8. The molecule has 0 aliphatic rings. The molecule has 1 rings (SSSR count). The van der Waals surface area contributed by atoms with Gasteiger partial charge in [-0.15, -0.1) is 0 Å². The topological polar surface area (TPSA) is 34.1 Å². The molecule has 0 heterocycles. The predicted octanol–water partition coefficient (Wildman–Crippen LogP) is 2.98. The fourth-order valence-electron chi connectivity index (χ4n) is 0.814. The van der Waals surface area contributed by atoms with E-state index in [1.54, 1.807) is 23.2 Å². The van der Waals surface area contributed by atoms with Crippen molar-refractivity contribution in [3.05, 3.63) is 34.8 Å². The van der Waals surface area contributed by atoms with Gasteiger partial charge in [0, 0.05) is 10.7 Å². The Morgan fingerprint density at radius 2 is 1.77 bits per heavy atom. The van der Waals surface area contributed by atoms with Crippen molar-refractivity contribution in [3.8, 4) is 0 Å². The van der Waals surface area contributed by atoms with Crippen LogP contribution in [0.15, 0.2) is 34.1 Å². The van der Waals surface area contributed by atoms with Crippen LogP contribution in [0.3, 0.4) is 0 Å². The highest BCUT2D eigenvalue weighted by molar-refractivity contribution is 9.11. The van der Waals surface area contributed by atoms with Crippen LogP contribution < -0.4 is 0 Å². The minimum absolute atomic E-state index is 0.112. The van der Waals surface area contributed by atoms with Crippen molar-refractivity contribution in [2.24, 2.45) is 0 Å². The summed E-state index contributed by atoms with van der Waals surface area (Å²) in [5.74, 6) is 0. The van der Waals surface area contributed by atoms with Crippen molar-refractivity contribution in [3.63, 3.8) is 0 Å². The molecule has 0 aliphatic carbocycles. The minimum atomic E-state index is -3.60. The van der Waals surface area contributed by atoms with E-state index in [0.29, 0.717) is 0 Å². The summed E-state index contributed by atoms with van der Waals surface area (Å²) in [5, 5.41) is 0. The van der Waals surface area contributed by atoms with E-state index in [1.165, 1.54) is 12.1 Å². The normalized spacial score (nSPS) is 12.2. The van der Waals surface area contributed by atoms with Gasteiger partial charge < -0.3 is 0 Å². The number of rotatable bonds is 2. The third-order valence-electron chi connectivity index (χ3n) is 1.42. The van der Waals surface area contributed by atoms with E-state index < -0.39 is 9.05 Å². The summed E-state index contributed by atoms with van der Waals surface area (Å²) in [5.41, 5.74) is 0.904. The Kier molecular flexibility index (Phi) is 3.53. The van der Waals surface area contributed by atoms with Crippen molar-refractivity contribution < 1.29 is 8.42 Å². The van der Waals surface area contributed by atoms with Crippen molar-refractivity contribution in [1.82, 2.24) is 0 Å². The van der Waals surface area contributed by atoms with Crippen LogP contribution in [0, 0.1) is 0 Å². The lowest BCUT2D eigenvalue weighted by molar-refractivity contribution is 0.609. The minimum Gasteiger partial charge on any atom is -0.207 e. The summed E-state index contributed by atoms with van der Waals surface area (Å²) >= 11 is 3.12. The Balaban J connectivity index is 3.08. The quantitative estimate of drug-likeness (QED) is 0.781. The predicted molar refractivity (Wildman–Crippen MR) is 57.4 cm³/mol. The number of benzene rings is 1. The number of hydrogen-bond donors (Lipinski definition) is 0. The second-order valence-corrected chi connectivity index (χ2v) is 5.39. The Hall–Kier alpha value is -0.320. The van der Waals surface area contributed by atoms with E-state index >= 15 is 0 Å². The van der Waals surface area contributed by atoms with Crippen LogP contribution >= 0.6 is 26.6 Å². The summed E-state index contributed by atoms with van der Waals surface area (Å²) in [4.78, 5) is 1.80. The lowest BCUT2D eigenvalue weighted by Crippen LogP contribution is -1.89. The molecule has 0 N–H and O–H groups in total. The smallest absolute Gasteiger partial charge is 0.207 e. The summed E-state index contributed by atoms with van der Waals surface area (Å²) in [6.45, 7) is 0. The van der Waals surface area contributed by atoms with Gasteiger partial charge in [-0.2, -0.15) is 0 Å². The molecule has 1 aromatic rings. The van der Waals surface area contributed by atoms with Crippen molar-refractivity contribution in [2.45, 2.75) is 4.90 Å². The zero-order chi connectivity index (χ0) is 9.90. The van der Waals surface area contributed by atoms with Gasteiger partial charge in [-0.3, -0.25) is 0 Å². The van der Waals surface area contributed by atoms with Crippen LogP contribution in [0.4, 0.5) is 0 Å². The van der Waals surface area contributed by atoms with E-state index in [2.05, 4.69) is 15.9 Å². The van der Waals surface area contributed by atoms with E-state index in [1.807, 2.05) is 0 Å². The molecule has 2 nitrogen and oxygen atoms in total. The van der Waals surface area contributed by atoms with Crippen LogP contribution in [0.25, 0.3) is 6.08 Å². The number of halogens is 2. The van der Waals surface area contributed by atoms with E-state index in [-0.39, 0.29) is 4.90 Å². The maximum atomic E-state index is 10.8. The molecule has 70 valence electrons. The molecule has 0 atom stereocenters. The third-order valence-corrected chi connectivity index (χ3v) is 3.05. The molecule has 5 heteroatoms. The van der Waals surface area contributed by atoms with Crippen LogP contribution in [0.2, 0.25) is 0 Å². The first-order chi connectivity index (χ1) is 6.04. The van der Waals surface area contributed by atoms with Crippen molar-refractivity contribution in [2.75, 3.05) is 0 Å². The fourth-order valence-corrected chi connectivity index (χ4v) is 1.89. The second kappa shape index (κ2) is 4.26. The first-order valence-electron chi connectivity index (χ1n) is 3.35. The largest absolute Gasteiger partial charge is 0.261 e. The Morgan fingerprint density at radius 3 is 2.15 bits per heavy atom. The van der Waals surface area contributed by atoms with Crippen molar-refractivity contribution in [1.29, 1.82) is 0 Å². The average Bonchev–Trinajstić information content (AvgIpc) is 2.04. The molecule has 0 saturated heterocycles. The molecular formula is C8H6BrClO2S. The average molecular weight is 282 g/mol. The van der Waals surface area contributed by atoms with Gasteiger partial charge >= 0.3 is 0 Å². The highest BCUT2D eigenvalue weighted by Gasteiger charge is 2.07. The van der Waals surface area contributed by atoms with Gasteiger partial charge in [0.25, 0.3) is 9.05 Å². The molecule has 0 aliphatic heterocycles. The van der Waals surface area contributed by atoms with Crippen LogP contribution in [0.5, 0.6) is 0 Å². The third kappa shape index (κ3) is 3.14. The molecule has 13 heavy (non-hydrogen) atoms. The summed E-state index contributed by atoms with van der Waals surface area (Å²) < 4.78 is 21.7. The van der Waals surface area contributed by atoms with Gasteiger partial charge in [-0.25, -0.2) is 8.42 Å². The fraction of sp³-hybridized carbons (Fsp3) is 0. The summed E-state index contributed by atoms with van der Waals surface area (Å²) in [6, 6.07) is 6.27. The molecule has 0 bridgehead atoms.